The van der Waals surface area contributed by atoms with Gasteiger partial charge < -0.3 is 9.80 Å². The molecule has 2 atom stereocenters. The van der Waals surface area contributed by atoms with E-state index < -0.39 is 0 Å². The first-order valence-electron chi connectivity index (χ1n) is 7.43. The van der Waals surface area contributed by atoms with Crippen LogP contribution >= 0.6 is 0 Å². The molecule has 0 amide bonds. The quantitative estimate of drug-likeness (QED) is 0.570. The van der Waals surface area contributed by atoms with Gasteiger partial charge in [-0.1, -0.05) is 13.8 Å². The van der Waals surface area contributed by atoms with Gasteiger partial charge in [0.2, 0.25) is 0 Å². The Morgan fingerprint density at radius 3 is 1.42 bits per heavy atom. The summed E-state index contributed by atoms with van der Waals surface area (Å²) >= 11 is 0. The van der Waals surface area contributed by atoms with Gasteiger partial charge in [0.05, 0.1) is 18.1 Å². The summed E-state index contributed by atoms with van der Waals surface area (Å²) < 4.78 is 0. The molecule has 0 aliphatic rings. The Morgan fingerprint density at radius 1 is 0.789 bits per heavy atom. The average Bonchev–Trinajstić information content (AvgIpc) is 2.36. The van der Waals surface area contributed by atoms with E-state index in [0.717, 1.165) is 38.8 Å². The standard InChI is InChI=1S/C15H32N4/c1-7-14(9-11-18(3)4)16-13-17-15(8-2)10-12-19(5)6/h14-15H,7-12H2,1-6H3. The second-order valence-corrected chi connectivity index (χ2v) is 5.67. The number of rotatable bonds is 10. The first-order valence-corrected chi connectivity index (χ1v) is 7.43. The first kappa shape index (κ1) is 18.3. The fraction of sp³-hybridized carbons (Fsp3) is 0.933. The second-order valence-electron chi connectivity index (χ2n) is 5.67. The molecule has 19 heavy (non-hydrogen) atoms. The maximum absolute atomic E-state index is 4.47. The van der Waals surface area contributed by atoms with Crippen LogP contribution in [0.3, 0.4) is 0 Å². The molecule has 0 bridgehead atoms. The van der Waals surface area contributed by atoms with Crippen LogP contribution in [0.2, 0.25) is 0 Å². The van der Waals surface area contributed by atoms with Crippen LogP contribution in [0.5, 0.6) is 0 Å². The highest BCUT2D eigenvalue weighted by Crippen LogP contribution is 2.05. The van der Waals surface area contributed by atoms with Crippen molar-refractivity contribution < 1.29 is 0 Å². The Balaban J connectivity index is 4.24. The summed E-state index contributed by atoms with van der Waals surface area (Å²) in [5, 5.41) is 0. The van der Waals surface area contributed by atoms with Crippen LogP contribution in [0.4, 0.5) is 0 Å². The predicted octanol–water partition coefficient (Wildman–Crippen LogP) is 2.62. The average molecular weight is 268 g/mol. The molecule has 0 saturated carbocycles. The van der Waals surface area contributed by atoms with E-state index in [2.05, 4.69) is 67.8 Å². The van der Waals surface area contributed by atoms with Gasteiger partial charge in [-0.3, -0.25) is 0 Å². The van der Waals surface area contributed by atoms with Crippen LogP contribution in [0.25, 0.3) is 0 Å². The third kappa shape index (κ3) is 10.9. The van der Waals surface area contributed by atoms with E-state index in [1.54, 1.807) is 0 Å². The second kappa shape index (κ2) is 11.2. The molecule has 0 saturated heterocycles. The van der Waals surface area contributed by atoms with E-state index in [-0.39, 0.29) is 0 Å². The lowest BCUT2D eigenvalue weighted by Crippen LogP contribution is -2.18. The molecule has 0 aliphatic heterocycles. The molecule has 112 valence electrons. The third-order valence-electron chi connectivity index (χ3n) is 3.24. The van der Waals surface area contributed by atoms with Gasteiger partial charge in [-0.05, 0) is 67.0 Å². The Labute approximate surface area is 119 Å². The number of aliphatic imine (C=N–C) groups is 2. The minimum atomic E-state index is 0.359. The molecule has 0 fully saturated rings. The maximum Gasteiger partial charge on any atom is 0.0898 e. The Morgan fingerprint density at radius 2 is 1.16 bits per heavy atom. The minimum absolute atomic E-state index is 0.359. The molecule has 0 aliphatic carbocycles. The highest BCUT2D eigenvalue weighted by atomic mass is 15.1. The smallest absolute Gasteiger partial charge is 0.0898 e. The molecule has 0 N–H and O–H groups in total. The lowest BCUT2D eigenvalue weighted by molar-refractivity contribution is 0.377. The van der Waals surface area contributed by atoms with Crippen molar-refractivity contribution in [3.8, 4) is 0 Å². The molecule has 0 heterocycles. The molecule has 0 aromatic rings. The van der Waals surface area contributed by atoms with Gasteiger partial charge in [0, 0.05) is 0 Å². The van der Waals surface area contributed by atoms with E-state index in [0.29, 0.717) is 12.1 Å². The van der Waals surface area contributed by atoms with Crippen molar-refractivity contribution in [1.29, 1.82) is 0 Å². The van der Waals surface area contributed by atoms with Crippen molar-refractivity contribution in [2.75, 3.05) is 41.3 Å². The molecule has 4 nitrogen and oxygen atoms in total. The van der Waals surface area contributed by atoms with Gasteiger partial charge in [-0.2, -0.15) is 0 Å². The predicted molar refractivity (Wildman–Crippen MR) is 84.4 cm³/mol. The van der Waals surface area contributed by atoms with Gasteiger partial charge in [0.25, 0.3) is 0 Å². The highest BCUT2D eigenvalue weighted by molar-refractivity contribution is 5.42. The maximum atomic E-state index is 4.47. The monoisotopic (exact) mass is 268 g/mol. The molecule has 0 radical (unpaired) electrons. The summed E-state index contributed by atoms with van der Waals surface area (Å²) in [6.45, 7) is 6.49. The summed E-state index contributed by atoms with van der Waals surface area (Å²) in [7, 11) is 8.38. The number of nitrogens with zero attached hydrogens (tertiary/aromatic N) is 4. The first-order chi connectivity index (χ1) is 8.99. The molecule has 4 heteroatoms. The molecule has 0 spiro atoms. The topological polar surface area (TPSA) is 31.2 Å². The Bertz CT molecular complexity index is 243. The van der Waals surface area contributed by atoms with Crippen LogP contribution < -0.4 is 0 Å². The zero-order chi connectivity index (χ0) is 14.7. The molecular formula is C15H32N4. The molecule has 0 aromatic heterocycles. The van der Waals surface area contributed by atoms with Crippen molar-refractivity contribution in [1.82, 2.24) is 9.80 Å². The zero-order valence-corrected chi connectivity index (χ0v) is 13.7. The Kier molecular flexibility index (Phi) is 10.7. The molecule has 0 rings (SSSR count). The van der Waals surface area contributed by atoms with Gasteiger partial charge in [0.1, 0.15) is 0 Å². The van der Waals surface area contributed by atoms with E-state index in [1.165, 1.54) is 0 Å². The third-order valence-corrected chi connectivity index (χ3v) is 3.24. The van der Waals surface area contributed by atoms with Crippen molar-refractivity contribution in [2.24, 2.45) is 9.98 Å². The highest BCUT2D eigenvalue weighted by Gasteiger charge is 2.05. The molecule has 0 aromatic carbocycles. The molecule has 2 unspecified atom stereocenters. The van der Waals surface area contributed by atoms with Gasteiger partial charge >= 0.3 is 0 Å². The van der Waals surface area contributed by atoms with Crippen LogP contribution in [-0.4, -0.2) is 69.2 Å². The largest absolute Gasteiger partial charge is 0.309 e. The number of hydrogen-bond donors (Lipinski definition) is 0. The van der Waals surface area contributed by atoms with Gasteiger partial charge in [0.15, 0.2) is 0 Å². The fourth-order valence-electron chi connectivity index (χ4n) is 1.73. The summed E-state index contributed by atoms with van der Waals surface area (Å²) in [5.74, 6) is 0. The SMILES string of the molecule is CCC(CCN(C)C)N=C=NC(CC)CCN(C)C. The summed E-state index contributed by atoms with van der Waals surface area (Å²) in [5.41, 5.74) is 0. The van der Waals surface area contributed by atoms with E-state index in [9.17, 15) is 0 Å². The minimum Gasteiger partial charge on any atom is -0.309 e. The van der Waals surface area contributed by atoms with Crippen LogP contribution in [0.15, 0.2) is 9.98 Å². The zero-order valence-electron chi connectivity index (χ0n) is 13.7. The van der Waals surface area contributed by atoms with Crippen molar-refractivity contribution in [3.63, 3.8) is 0 Å². The lowest BCUT2D eigenvalue weighted by Gasteiger charge is -2.13. The van der Waals surface area contributed by atoms with Crippen LogP contribution in [0.1, 0.15) is 39.5 Å². The summed E-state index contributed by atoms with van der Waals surface area (Å²) in [6, 6.07) is 3.67. The van der Waals surface area contributed by atoms with Crippen molar-refractivity contribution in [2.45, 2.75) is 51.6 Å². The summed E-state index contributed by atoms with van der Waals surface area (Å²) in [4.78, 5) is 13.3. The fourth-order valence-corrected chi connectivity index (χ4v) is 1.73. The van der Waals surface area contributed by atoms with Gasteiger partial charge in [-0.15, -0.1) is 0 Å². The number of hydrogen-bond acceptors (Lipinski definition) is 4. The normalized spacial score (nSPS) is 14.3. The van der Waals surface area contributed by atoms with E-state index in [4.69, 9.17) is 0 Å². The lowest BCUT2D eigenvalue weighted by atomic mass is 10.1. The van der Waals surface area contributed by atoms with Crippen LogP contribution in [0, 0.1) is 0 Å². The van der Waals surface area contributed by atoms with Crippen molar-refractivity contribution >= 4 is 6.01 Å². The van der Waals surface area contributed by atoms with Crippen LogP contribution in [-0.2, 0) is 0 Å². The molecular weight excluding hydrogens is 236 g/mol. The summed E-state index contributed by atoms with van der Waals surface area (Å²) in [6.07, 6.45) is 4.29. The van der Waals surface area contributed by atoms with E-state index >= 15 is 0 Å². The van der Waals surface area contributed by atoms with Gasteiger partial charge in [-0.25, -0.2) is 9.98 Å². The van der Waals surface area contributed by atoms with Crippen molar-refractivity contribution in [3.05, 3.63) is 0 Å². The Hall–Kier alpha value is -0.700. The van der Waals surface area contributed by atoms with E-state index in [1.807, 2.05) is 0 Å².